The zero-order chi connectivity index (χ0) is 36.7. The van der Waals surface area contributed by atoms with Crippen LogP contribution in [0.3, 0.4) is 0 Å². The lowest BCUT2D eigenvalue weighted by molar-refractivity contribution is 0.550. The van der Waals surface area contributed by atoms with Gasteiger partial charge in [0.15, 0.2) is 0 Å². The molecule has 0 unspecified atom stereocenters. The minimum absolute atomic E-state index is 0.0774. The highest BCUT2D eigenvalue weighted by atomic mass is 15.1. The number of benzene rings is 8. The van der Waals surface area contributed by atoms with E-state index in [2.05, 4.69) is 195 Å². The molecule has 11 rings (SSSR count). The lowest BCUT2D eigenvalue weighted by atomic mass is 9.76. The van der Waals surface area contributed by atoms with Crippen LogP contribution in [0.2, 0.25) is 0 Å². The summed E-state index contributed by atoms with van der Waals surface area (Å²) >= 11 is 0. The van der Waals surface area contributed by atoms with Crippen molar-refractivity contribution in [2.75, 3.05) is 4.90 Å². The fourth-order valence-corrected chi connectivity index (χ4v) is 10.8. The Morgan fingerprint density at radius 1 is 0.418 bits per heavy atom. The van der Waals surface area contributed by atoms with Crippen molar-refractivity contribution in [3.8, 4) is 44.5 Å². The molecule has 0 radical (unpaired) electrons. The van der Waals surface area contributed by atoms with Crippen molar-refractivity contribution in [1.82, 2.24) is 0 Å². The molecule has 0 heterocycles. The number of anilines is 3. The second kappa shape index (κ2) is 12.2. The van der Waals surface area contributed by atoms with Crippen LogP contribution in [0.25, 0.3) is 55.3 Å². The molecular formula is C54H43N. The molecule has 1 spiro atoms. The van der Waals surface area contributed by atoms with Gasteiger partial charge in [-0.15, -0.1) is 0 Å². The van der Waals surface area contributed by atoms with Gasteiger partial charge >= 0.3 is 0 Å². The molecule has 0 aliphatic heterocycles. The molecule has 0 N–H and O–H groups in total. The van der Waals surface area contributed by atoms with Gasteiger partial charge in [-0.2, -0.15) is 0 Å². The van der Waals surface area contributed by atoms with Gasteiger partial charge in [-0.3, -0.25) is 0 Å². The van der Waals surface area contributed by atoms with Gasteiger partial charge in [0, 0.05) is 27.8 Å². The van der Waals surface area contributed by atoms with E-state index in [-0.39, 0.29) is 10.8 Å². The Bertz CT molecular complexity index is 2810. The van der Waals surface area contributed by atoms with E-state index >= 15 is 0 Å². The smallest absolute Gasteiger partial charge is 0.0540 e. The minimum Gasteiger partial charge on any atom is -0.310 e. The molecule has 1 fully saturated rings. The molecule has 8 aromatic carbocycles. The van der Waals surface area contributed by atoms with Crippen LogP contribution in [0.4, 0.5) is 17.1 Å². The number of hydrogen-bond donors (Lipinski definition) is 0. The van der Waals surface area contributed by atoms with E-state index in [1.54, 1.807) is 0 Å². The van der Waals surface area contributed by atoms with Crippen LogP contribution in [0.5, 0.6) is 0 Å². The quantitative estimate of drug-likeness (QED) is 0.172. The van der Waals surface area contributed by atoms with Crippen LogP contribution in [-0.2, 0) is 10.8 Å². The molecule has 1 nitrogen and oxygen atoms in total. The zero-order valence-corrected chi connectivity index (χ0v) is 31.5. The summed E-state index contributed by atoms with van der Waals surface area (Å²) in [4.78, 5) is 2.55. The molecule has 264 valence electrons. The lowest BCUT2D eigenvalue weighted by Crippen LogP contribution is -2.21. The van der Waals surface area contributed by atoms with Crippen molar-refractivity contribution in [2.45, 2.75) is 50.4 Å². The second-order valence-electron chi connectivity index (χ2n) is 16.4. The van der Waals surface area contributed by atoms with Crippen LogP contribution >= 0.6 is 0 Å². The van der Waals surface area contributed by atoms with Crippen LogP contribution in [0.1, 0.15) is 61.8 Å². The summed E-state index contributed by atoms with van der Waals surface area (Å²) in [7, 11) is 0. The van der Waals surface area contributed by atoms with Crippen molar-refractivity contribution < 1.29 is 0 Å². The fourth-order valence-electron chi connectivity index (χ4n) is 10.8. The summed E-state index contributed by atoms with van der Waals surface area (Å²) in [5, 5.41) is 2.53. The van der Waals surface area contributed by atoms with Gasteiger partial charge in [0.25, 0.3) is 0 Å². The van der Waals surface area contributed by atoms with Gasteiger partial charge in [-0.25, -0.2) is 0 Å². The summed E-state index contributed by atoms with van der Waals surface area (Å²) in [6.07, 6.45) is 4.96. The molecule has 3 aliphatic rings. The van der Waals surface area contributed by atoms with Crippen LogP contribution in [-0.4, -0.2) is 0 Å². The fraction of sp³-hybridized carbons (Fsp3) is 0.148. The molecule has 0 aromatic heterocycles. The maximum atomic E-state index is 2.55. The van der Waals surface area contributed by atoms with Gasteiger partial charge in [-0.1, -0.05) is 172 Å². The number of hydrogen-bond acceptors (Lipinski definition) is 1. The Morgan fingerprint density at radius 3 is 1.82 bits per heavy atom. The highest BCUT2D eigenvalue weighted by molar-refractivity contribution is 5.99. The Balaban J connectivity index is 1.15. The van der Waals surface area contributed by atoms with Crippen molar-refractivity contribution in [3.63, 3.8) is 0 Å². The SMILES string of the molecule is CC1(C)c2ccccc2-c2cccc(-c3ccccc3N(c3cccc(-c4cccc5ccccc45)c3)c3ccc4c(c3)C3(CCCC3)c3ccccc3-4)c21. The highest BCUT2D eigenvalue weighted by Gasteiger charge is 2.45. The normalized spacial score (nSPS) is 15.5. The van der Waals surface area contributed by atoms with E-state index in [4.69, 9.17) is 0 Å². The first kappa shape index (κ1) is 32.3. The third kappa shape index (κ3) is 4.72. The largest absolute Gasteiger partial charge is 0.310 e. The third-order valence-electron chi connectivity index (χ3n) is 13.2. The molecule has 0 saturated heterocycles. The maximum absolute atomic E-state index is 2.55. The van der Waals surface area contributed by atoms with Crippen molar-refractivity contribution in [3.05, 3.63) is 198 Å². The van der Waals surface area contributed by atoms with Gasteiger partial charge < -0.3 is 4.90 Å². The Morgan fingerprint density at radius 2 is 0.982 bits per heavy atom. The van der Waals surface area contributed by atoms with Gasteiger partial charge in [0.2, 0.25) is 0 Å². The predicted molar refractivity (Wildman–Crippen MR) is 232 cm³/mol. The number of fused-ring (bicyclic) bond motifs is 9. The molecule has 0 bridgehead atoms. The maximum Gasteiger partial charge on any atom is 0.0540 e. The average molecular weight is 706 g/mol. The predicted octanol–water partition coefficient (Wildman–Crippen LogP) is 14.8. The first-order chi connectivity index (χ1) is 27.0. The molecule has 55 heavy (non-hydrogen) atoms. The Kier molecular flexibility index (Phi) is 7.14. The highest BCUT2D eigenvalue weighted by Crippen LogP contribution is 2.59. The van der Waals surface area contributed by atoms with Gasteiger partial charge in [-0.05, 0) is 115 Å². The Hall–Kier alpha value is -6.18. The topological polar surface area (TPSA) is 3.24 Å². The summed E-state index contributed by atoms with van der Waals surface area (Å²) in [5.41, 5.74) is 19.8. The Labute approximate surface area is 324 Å². The van der Waals surface area contributed by atoms with E-state index in [1.165, 1.54) is 115 Å². The van der Waals surface area contributed by atoms with Crippen LogP contribution in [0.15, 0.2) is 176 Å². The lowest BCUT2D eigenvalue weighted by Gasteiger charge is -2.32. The van der Waals surface area contributed by atoms with Crippen LogP contribution in [0, 0.1) is 0 Å². The molecule has 1 heteroatoms. The third-order valence-corrected chi connectivity index (χ3v) is 13.2. The average Bonchev–Trinajstić information content (AvgIpc) is 3.91. The van der Waals surface area contributed by atoms with Crippen molar-refractivity contribution in [1.29, 1.82) is 0 Å². The summed E-state index contributed by atoms with van der Waals surface area (Å²) in [6.45, 7) is 4.79. The van der Waals surface area contributed by atoms with Gasteiger partial charge in [0.05, 0.1) is 5.69 Å². The van der Waals surface area contributed by atoms with E-state index in [0.29, 0.717) is 0 Å². The summed E-state index contributed by atoms with van der Waals surface area (Å²) in [6, 6.07) is 66.2. The monoisotopic (exact) mass is 705 g/mol. The summed E-state index contributed by atoms with van der Waals surface area (Å²) < 4.78 is 0. The zero-order valence-electron chi connectivity index (χ0n) is 31.5. The molecule has 1 saturated carbocycles. The van der Waals surface area contributed by atoms with E-state index in [9.17, 15) is 0 Å². The second-order valence-corrected chi connectivity index (χ2v) is 16.4. The molecule has 0 amide bonds. The molecule has 3 aliphatic carbocycles. The first-order valence-corrected chi connectivity index (χ1v) is 20.0. The first-order valence-electron chi connectivity index (χ1n) is 20.0. The van der Waals surface area contributed by atoms with Gasteiger partial charge in [0.1, 0.15) is 0 Å². The number of nitrogens with zero attached hydrogens (tertiary/aromatic N) is 1. The van der Waals surface area contributed by atoms with Crippen molar-refractivity contribution >= 4 is 27.8 Å². The van der Waals surface area contributed by atoms with Crippen molar-refractivity contribution in [2.24, 2.45) is 0 Å². The number of rotatable bonds is 5. The van der Waals surface area contributed by atoms with E-state index in [1.807, 2.05) is 0 Å². The standard InChI is InChI=1S/C54H43N/c1-53(2)48-27-8-5-22-43(48)46-25-15-26-47(52(46)53)45-23-7-10-29-51(45)55(38-19-13-18-37(34-38)41-24-14-17-36-16-3-4-20-40(36)41)39-30-31-44-42-21-6-9-28-49(42)54(50(44)35-39)32-11-12-33-54/h3-10,13-31,34-35H,11-12,32-33H2,1-2H3. The number of para-hydroxylation sites is 1. The summed E-state index contributed by atoms with van der Waals surface area (Å²) in [5.74, 6) is 0. The van der Waals surface area contributed by atoms with Crippen LogP contribution < -0.4 is 4.90 Å². The van der Waals surface area contributed by atoms with E-state index < -0.39 is 0 Å². The van der Waals surface area contributed by atoms with E-state index in [0.717, 1.165) is 5.69 Å². The molecular weight excluding hydrogens is 663 g/mol. The molecule has 0 atom stereocenters. The minimum atomic E-state index is -0.136. The molecule has 8 aromatic rings.